The summed E-state index contributed by atoms with van der Waals surface area (Å²) in [6, 6.07) is 7.51. The van der Waals surface area contributed by atoms with Crippen molar-refractivity contribution in [3.8, 4) is 0 Å². The Morgan fingerprint density at radius 3 is 2.13 bits per heavy atom. The van der Waals surface area contributed by atoms with E-state index in [1.807, 2.05) is 24.3 Å². The molecule has 0 unspecified atom stereocenters. The van der Waals surface area contributed by atoms with Crippen LogP contribution in [0.25, 0.3) is 0 Å². The molecule has 0 spiro atoms. The molecule has 0 aliphatic rings. The van der Waals surface area contributed by atoms with E-state index in [1.54, 1.807) is 13.8 Å². The van der Waals surface area contributed by atoms with E-state index < -0.39 is 5.41 Å². The first-order chi connectivity index (χ1) is 10.9. The summed E-state index contributed by atoms with van der Waals surface area (Å²) in [6.45, 7) is 6.53. The van der Waals surface area contributed by atoms with E-state index in [9.17, 15) is 9.59 Å². The van der Waals surface area contributed by atoms with Crippen LogP contribution < -0.4 is 10.6 Å². The van der Waals surface area contributed by atoms with Gasteiger partial charge in [-0.3, -0.25) is 9.59 Å². The SMILES string of the molecule is CCCCCNC(=O)C(C)(C)C(=O)NCCc1ccc(Cl)cc1. The van der Waals surface area contributed by atoms with E-state index in [1.165, 1.54) is 0 Å². The van der Waals surface area contributed by atoms with E-state index in [0.717, 1.165) is 24.8 Å². The van der Waals surface area contributed by atoms with Crippen LogP contribution in [0.3, 0.4) is 0 Å². The Labute approximate surface area is 144 Å². The molecule has 0 radical (unpaired) electrons. The van der Waals surface area contributed by atoms with E-state index in [2.05, 4.69) is 17.6 Å². The van der Waals surface area contributed by atoms with Crippen LogP contribution in [0.2, 0.25) is 5.02 Å². The number of halogens is 1. The Bertz CT molecular complexity index is 512. The van der Waals surface area contributed by atoms with Crippen molar-refractivity contribution in [2.75, 3.05) is 13.1 Å². The molecule has 2 amide bonds. The zero-order valence-corrected chi connectivity index (χ0v) is 15.0. The highest BCUT2D eigenvalue weighted by Crippen LogP contribution is 2.15. The number of benzene rings is 1. The Morgan fingerprint density at radius 1 is 1.00 bits per heavy atom. The molecule has 0 bridgehead atoms. The molecule has 0 aromatic heterocycles. The highest BCUT2D eigenvalue weighted by Gasteiger charge is 2.35. The molecule has 23 heavy (non-hydrogen) atoms. The fraction of sp³-hybridized carbons (Fsp3) is 0.556. The Hall–Kier alpha value is -1.55. The molecule has 1 aromatic rings. The van der Waals surface area contributed by atoms with Gasteiger partial charge in [-0.1, -0.05) is 43.5 Å². The summed E-state index contributed by atoms with van der Waals surface area (Å²) >= 11 is 5.84. The van der Waals surface area contributed by atoms with Crippen molar-refractivity contribution >= 4 is 23.4 Å². The molecule has 0 aliphatic heterocycles. The molecule has 0 atom stereocenters. The summed E-state index contributed by atoms with van der Waals surface area (Å²) in [6.07, 6.45) is 3.83. The molecule has 4 nitrogen and oxygen atoms in total. The fourth-order valence-electron chi connectivity index (χ4n) is 2.09. The van der Waals surface area contributed by atoms with Gasteiger partial charge in [-0.25, -0.2) is 0 Å². The van der Waals surface area contributed by atoms with E-state index in [4.69, 9.17) is 11.6 Å². The lowest BCUT2D eigenvalue weighted by Gasteiger charge is -2.22. The number of nitrogens with one attached hydrogen (secondary N) is 2. The third-order valence-electron chi connectivity index (χ3n) is 3.81. The lowest BCUT2D eigenvalue weighted by Crippen LogP contribution is -2.48. The van der Waals surface area contributed by atoms with Crippen LogP contribution in [0.15, 0.2) is 24.3 Å². The molecular formula is C18H27ClN2O2. The molecule has 128 valence electrons. The minimum atomic E-state index is -1.06. The van der Waals surface area contributed by atoms with Gasteiger partial charge < -0.3 is 10.6 Å². The van der Waals surface area contributed by atoms with E-state index >= 15 is 0 Å². The van der Waals surface area contributed by atoms with Crippen molar-refractivity contribution in [3.63, 3.8) is 0 Å². The number of hydrogen-bond acceptors (Lipinski definition) is 2. The summed E-state index contributed by atoms with van der Waals surface area (Å²) in [5, 5.41) is 6.37. The average Bonchev–Trinajstić information content (AvgIpc) is 2.53. The van der Waals surface area contributed by atoms with Crippen LogP contribution in [0, 0.1) is 5.41 Å². The Balaban J connectivity index is 2.38. The second kappa shape index (κ2) is 9.56. The molecule has 0 aliphatic carbocycles. The van der Waals surface area contributed by atoms with Gasteiger partial charge in [-0.15, -0.1) is 0 Å². The van der Waals surface area contributed by atoms with E-state index in [0.29, 0.717) is 24.5 Å². The van der Waals surface area contributed by atoms with Crippen molar-refractivity contribution in [1.82, 2.24) is 10.6 Å². The summed E-state index contributed by atoms with van der Waals surface area (Å²) in [5.41, 5.74) is 0.0307. The zero-order valence-electron chi connectivity index (χ0n) is 14.2. The van der Waals surface area contributed by atoms with Crippen molar-refractivity contribution in [2.24, 2.45) is 5.41 Å². The zero-order chi connectivity index (χ0) is 17.3. The topological polar surface area (TPSA) is 58.2 Å². The largest absolute Gasteiger partial charge is 0.355 e. The molecule has 0 heterocycles. The number of rotatable bonds is 9. The molecule has 0 fully saturated rings. The molecule has 5 heteroatoms. The summed E-state index contributed by atoms with van der Waals surface area (Å²) in [5.74, 6) is -0.475. The van der Waals surface area contributed by atoms with Gasteiger partial charge in [-0.2, -0.15) is 0 Å². The number of carbonyl (C=O) groups is 2. The van der Waals surface area contributed by atoms with Crippen LogP contribution in [-0.2, 0) is 16.0 Å². The van der Waals surface area contributed by atoms with Gasteiger partial charge in [0.1, 0.15) is 5.41 Å². The lowest BCUT2D eigenvalue weighted by molar-refractivity contribution is -0.141. The third kappa shape index (κ3) is 6.61. The molecule has 0 saturated carbocycles. The number of amides is 2. The standard InChI is InChI=1S/C18H27ClN2O2/c1-4-5-6-12-20-16(22)18(2,3)17(23)21-13-11-14-7-9-15(19)10-8-14/h7-10H,4-6,11-13H2,1-3H3,(H,20,22)(H,21,23). The highest BCUT2D eigenvalue weighted by molar-refractivity contribution is 6.30. The van der Waals surface area contributed by atoms with Crippen LogP contribution >= 0.6 is 11.6 Å². The van der Waals surface area contributed by atoms with Gasteiger partial charge in [0.05, 0.1) is 0 Å². The van der Waals surface area contributed by atoms with Crippen LogP contribution in [0.4, 0.5) is 0 Å². The summed E-state index contributed by atoms with van der Waals surface area (Å²) < 4.78 is 0. The summed E-state index contributed by atoms with van der Waals surface area (Å²) in [4.78, 5) is 24.4. The van der Waals surface area contributed by atoms with Crippen LogP contribution in [0.5, 0.6) is 0 Å². The number of unbranched alkanes of at least 4 members (excludes halogenated alkanes) is 2. The fourth-order valence-corrected chi connectivity index (χ4v) is 2.22. The average molecular weight is 339 g/mol. The van der Waals surface area contributed by atoms with Gasteiger partial charge in [0.25, 0.3) is 0 Å². The van der Waals surface area contributed by atoms with Crippen LogP contribution in [-0.4, -0.2) is 24.9 Å². The summed E-state index contributed by atoms with van der Waals surface area (Å²) in [7, 11) is 0. The van der Waals surface area contributed by atoms with Gasteiger partial charge >= 0.3 is 0 Å². The predicted octanol–water partition coefficient (Wildman–Crippen LogP) is 3.33. The van der Waals surface area contributed by atoms with Crippen molar-refractivity contribution in [3.05, 3.63) is 34.9 Å². The van der Waals surface area contributed by atoms with Gasteiger partial charge in [0, 0.05) is 18.1 Å². The Morgan fingerprint density at radius 2 is 1.57 bits per heavy atom. The van der Waals surface area contributed by atoms with Crippen molar-refractivity contribution < 1.29 is 9.59 Å². The first-order valence-electron chi connectivity index (χ1n) is 8.19. The smallest absolute Gasteiger partial charge is 0.235 e. The van der Waals surface area contributed by atoms with Gasteiger partial charge in [0.2, 0.25) is 11.8 Å². The molecule has 1 rings (SSSR count). The van der Waals surface area contributed by atoms with Crippen molar-refractivity contribution in [2.45, 2.75) is 46.5 Å². The monoisotopic (exact) mass is 338 g/mol. The minimum absolute atomic E-state index is 0.224. The number of carbonyl (C=O) groups excluding carboxylic acids is 2. The molecule has 2 N–H and O–H groups in total. The highest BCUT2D eigenvalue weighted by atomic mass is 35.5. The third-order valence-corrected chi connectivity index (χ3v) is 4.07. The second-order valence-electron chi connectivity index (χ2n) is 6.22. The van der Waals surface area contributed by atoms with Gasteiger partial charge in [0.15, 0.2) is 0 Å². The van der Waals surface area contributed by atoms with Crippen LogP contribution in [0.1, 0.15) is 45.6 Å². The first-order valence-corrected chi connectivity index (χ1v) is 8.56. The molecule has 1 aromatic carbocycles. The second-order valence-corrected chi connectivity index (χ2v) is 6.66. The van der Waals surface area contributed by atoms with Crippen molar-refractivity contribution in [1.29, 1.82) is 0 Å². The predicted molar refractivity (Wildman–Crippen MR) is 94.5 cm³/mol. The minimum Gasteiger partial charge on any atom is -0.355 e. The lowest BCUT2D eigenvalue weighted by atomic mass is 9.91. The van der Waals surface area contributed by atoms with Gasteiger partial charge in [-0.05, 0) is 44.4 Å². The quantitative estimate of drug-likeness (QED) is 0.536. The molecular weight excluding hydrogens is 312 g/mol. The maximum Gasteiger partial charge on any atom is 0.235 e. The molecule has 0 saturated heterocycles. The Kier molecular flexibility index (Phi) is 8.10. The first kappa shape index (κ1) is 19.5. The maximum absolute atomic E-state index is 12.2. The maximum atomic E-state index is 12.2. The normalized spacial score (nSPS) is 11.1. The van der Waals surface area contributed by atoms with E-state index in [-0.39, 0.29) is 11.8 Å². The number of hydrogen-bond donors (Lipinski definition) is 2.